The average molecular weight is 177 g/mol. The van der Waals surface area contributed by atoms with Gasteiger partial charge in [-0.15, -0.1) is 0 Å². The monoisotopic (exact) mass is 177 g/mol. The molecule has 1 aromatic heterocycles. The van der Waals surface area contributed by atoms with Gasteiger partial charge in [0.15, 0.2) is 0 Å². The normalized spacial score (nSPS) is 10.4. The fourth-order valence-electron chi connectivity index (χ4n) is 1.31. The standard InChI is InChI=1S/C11H17N2/c1-4-6-10-8-12-9(3)11(13-10)7-5-2/h8H,3-7H2,1-2H3. The fourth-order valence-corrected chi connectivity index (χ4v) is 1.31. The van der Waals surface area contributed by atoms with E-state index in [9.17, 15) is 0 Å². The van der Waals surface area contributed by atoms with Gasteiger partial charge in [0.25, 0.3) is 0 Å². The minimum Gasteiger partial charge on any atom is -0.257 e. The lowest BCUT2D eigenvalue weighted by molar-refractivity contribution is 0.808. The lowest BCUT2D eigenvalue weighted by Crippen LogP contribution is -2.01. The van der Waals surface area contributed by atoms with Crippen LogP contribution in [0.2, 0.25) is 0 Å². The molecule has 0 bridgehead atoms. The molecule has 0 amide bonds. The minimum absolute atomic E-state index is 0.835. The maximum atomic E-state index is 4.53. The van der Waals surface area contributed by atoms with Crippen molar-refractivity contribution in [2.24, 2.45) is 0 Å². The molecule has 0 saturated heterocycles. The van der Waals surface area contributed by atoms with Crippen LogP contribution in [0.1, 0.15) is 43.8 Å². The van der Waals surface area contributed by atoms with E-state index in [1.165, 1.54) is 0 Å². The number of hydrogen-bond acceptors (Lipinski definition) is 2. The highest BCUT2D eigenvalue weighted by molar-refractivity contribution is 5.16. The van der Waals surface area contributed by atoms with Crippen LogP contribution < -0.4 is 0 Å². The number of aromatic nitrogens is 2. The van der Waals surface area contributed by atoms with Crippen molar-refractivity contribution in [3.8, 4) is 0 Å². The van der Waals surface area contributed by atoms with Crippen LogP contribution in [-0.4, -0.2) is 9.97 Å². The topological polar surface area (TPSA) is 25.8 Å². The van der Waals surface area contributed by atoms with E-state index in [1.54, 1.807) is 0 Å². The van der Waals surface area contributed by atoms with E-state index in [0.717, 1.165) is 42.8 Å². The Morgan fingerprint density at radius 1 is 1.23 bits per heavy atom. The Kier molecular flexibility index (Phi) is 3.87. The number of aryl methyl sites for hydroxylation is 2. The summed E-state index contributed by atoms with van der Waals surface area (Å²) in [7, 11) is 0. The highest BCUT2D eigenvalue weighted by Crippen LogP contribution is 2.06. The molecule has 0 fully saturated rings. The third kappa shape index (κ3) is 2.79. The van der Waals surface area contributed by atoms with Gasteiger partial charge in [0, 0.05) is 6.20 Å². The largest absolute Gasteiger partial charge is 0.257 e. The fraction of sp³-hybridized carbons (Fsp3) is 0.545. The number of rotatable bonds is 4. The van der Waals surface area contributed by atoms with Crippen molar-refractivity contribution in [1.82, 2.24) is 9.97 Å². The first-order chi connectivity index (χ1) is 6.27. The van der Waals surface area contributed by atoms with E-state index in [1.807, 2.05) is 6.20 Å². The molecule has 1 aromatic rings. The first-order valence-corrected chi connectivity index (χ1v) is 4.94. The van der Waals surface area contributed by atoms with Gasteiger partial charge in [0.2, 0.25) is 0 Å². The van der Waals surface area contributed by atoms with E-state index in [-0.39, 0.29) is 0 Å². The third-order valence-electron chi connectivity index (χ3n) is 1.97. The molecule has 0 aromatic carbocycles. The molecule has 0 atom stereocenters. The van der Waals surface area contributed by atoms with E-state index in [2.05, 4.69) is 30.7 Å². The van der Waals surface area contributed by atoms with Gasteiger partial charge in [-0.1, -0.05) is 26.7 Å². The molecule has 1 heterocycles. The molecule has 2 nitrogen and oxygen atoms in total. The highest BCUT2D eigenvalue weighted by atomic mass is 14.8. The van der Waals surface area contributed by atoms with Crippen molar-refractivity contribution in [1.29, 1.82) is 0 Å². The molecule has 0 aliphatic carbocycles. The molecule has 0 N–H and O–H groups in total. The lowest BCUT2D eigenvalue weighted by atomic mass is 10.2. The van der Waals surface area contributed by atoms with Gasteiger partial charge in [0.1, 0.15) is 0 Å². The molecule has 0 aliphatic heterocycles. The first kappa shape index (κ1) is 10.2. The second kappa shape index (κ2) is 4.95. The van der Waals surface area contributed by atoms with Crippen LogP contribution in [0.25, 0.3) is 0 Å². The predicted octanol–water partition coefficient (Wildman–Crippen LogP) is 2.56. The van der Waals surface area contributed by atoms with E-state index in [0.29, 0.717) is 0 Å². The van der Waals surface area contributed by atoms with Gasteiger partial charge in [-0.2, -0.15) is 0 Å². The molecular weight excluding hydrogens is 160 g/mol. The summed E-state index contributed by atoms with van der Waals surface area (Å²) in [5.74, 6) is 0. The Balaban J connectivity index is 2.83. The molecule has 2 heteroatoms. The van der Waals surface area contributed by atoms with Gasteiger partial charge in [-0.05, 0) is 19.8 Å². The van der Waals surface area contributed by atoms with Crippen molar-refractivity contribution in [3.63, 3.8) is 0 Å². The summed E-state index contributed by atoms with van der Waals surface area (Å²) in [5, 5.41) is 0. The maximum absolute atomic E-state index is 4.53. The SMILES string of the molecule is [CH2]c1ncc(CCC)nc1CCC. The van der Waals surface area contributed by atoms with E-state index in [4.69, 9.17) is 0 Å². The Hall–Kier alpha value is -0.920. The quantitative estimate of drug-likeness (QED) is 0.706. The van der Waals surface area contributed by atoms with Gasteiger partial charge in [-0.3, -0.25) is 9.97 Å². The molecule has 0 spiro atoms. The third-order valence-corrected chi connectivity index (χ3v) is 1.97. The first-order valence-electron chi connectivity index (χ1n) is 4.94. The molecule has 13 heavy (non-hydrogen) atoms. The van der Waals surface area contributed by atoms with Crippen molar-refractivity contribution in [2.75, 3.05) is 0 Å². The zero-order chi connectivity index (χ0) is 9.68. The van der Waals surface area contributed by atoms with E-state index < -0.39 is 0 Å². The van der Waals surface area contributed by atoms with Gasteiger partial charge >= 0.3 is 0 Å². The van der Waals surface area contributed by atoms with Gasteiger partial charge in [-0.25, -0.2) is 0 Å². The van der Waals surface area contributed by atoms with Crippen molar-refractivity contribution in [2.45, 2.75) is 39.5 Å². The molecule has 0 aliphatic rings. The Morgan fingerprint density at radius 2 is 1.92 bits per heavy atom. The number of nitrogens with zero attached hydrogens (tertiary/aromatic N) is 2. The van der Waals surface area contributed by atoms with Crippen molar-refractivity contribution < 1.29 is 0 Å². The molecule has 0 unspecified atom stereocenters. The van der Waals surface area contributed by atoms with Crippen molar-refractivity contribution in [3.05, 3.63) is 30.2 Å². The molecular formula is C11H17N2. The molecule has 71 valence electrons. The summed E-state index contributed by atoms with van der Waals surface area (Å²) in [5.41, 5.74) is 2.99. The smallest absolute Gasteiger partial charge is 0.0622 e. The molecule has 0 saturated carbocycles. The second-order valence-electron chi connectivity index (χ2n) is 3.25. The summed E-state index contributed by atoms with van der Waals surface area (Å²) in [6.07, 6.45) is 6.07. The zero-order valence-electron chi connectivity index (χ0n) is 8.51. The molecule has 1 radical (unpaired) electrons. The Morgan fingerprint density at radius 3 is 2.54 bits per heavy atom. The van der Waals surface area contributed by atoms with Crippen LogP contribution in [-0.2, 0) is 12.8 Å². The van der Waals surface area contributed by atoms with Crippen LogP contribution in [0.15, 0.2) is 6.20 Å². The molecule has 1 rings (SSSR count). The van der Waals surface area contributed by atoms with Crippen LogP contribution in [0.4, 0.5) is 0 Å². The number of hydrogen-bond donors (Lipinski definition) is 0. The zero-order valence-corrected chi connectivity index (χ0v) is 8.51. The van der Waals surface area contributed by atoms with Crippen LogP contribution in [0, 0.1) is 6.92 Å². The lowest BCUT2D eigenvalue weighted by Gasteiger charge is -2.04. The van der Waals surface area contributed by atoms with E-state index >= 15 is 0 Å². The van der Waals surface area contributed by atoms with Gasteiger partial charge in [0.05, 0.1) is 17.1 Å². The Labute approximate surface area is 80.4 Å². The van der Waals surface area contributed by atoms with Crippen molar-refractivity contribution >= 4 is 0 Å². The van der Waals surface area contributed by atoms with Crippen LogP contribution in [0.3, 0.4) is 0 Å². The predicted molar refractivity (Wildman–Crippen MR) is 54.5 cm³/mol. The summed E-state index contributed by atoms with van der Waals surface area (Å²) in [4.78, 5) is 8.77. The minimum atomic E-state index is 0.835. The second-order valence-corrected chi connectivity index (χ2v) is 3.25. The summed E-state index contributed by atoms with van der Waals surface area (Å²) in [6, 6.07) is 0. The maximum Gasteiger partial charge on any atom is 0.0622 e. The highest BCUT2D eigenvalue weighted by Gasteiger charge is 2.01. The van der Waals surface area contributed by atoms with Crippen LogP contribution in [0.5, 0.6) is 0 Å². The van der Waals surface area contributed by atoms with Crippen LogP contribution >= 0.6 is 0 Å². The summed E-state index contributed by atoms with van der Waals surface area (Å²) < 4.78 is 0. The van der Waals surface area contributed by atoms with Gasteiger partial charge < -0.3 is 0 Å². The summed E-state index contributed by atoms with van der Waals surface area (Å²) >= 11 is 0. The Bertz CT molecular complexity index is 269. The summed E-state index contributed by atoms with van der Waals surface area (Å²) in [6.45, 7) is 8.17. The average Bonchev–Trinajstić information content (AvgIpc) is 2.12.